The molecule has 0 aliphatic heterocycles. The molecule has 6 heteroatoms. The molecule has 0 aromatic heterocycles. The molecule has 2 aliphatic rings. The average molecular weight is 332 g/mol. The van der Waals surface area contributed by atoms with E-state index in [0.717, 1.165) is 17.5 Å². The first-order chi connectivity index (χ1) is 10.8. The zero-order chi connectivity index (χ0) is 16.8. The molecule has 23 heavy (non-hydrogen) atoms. The molecule has 1 aromatic rings. The predicted molar refractivity (Wildman–Crippen MR) is 94.6 cm³/mol. The van der Waals surface area contributed by atoms with Gasteiger partial charge in [0.05, 0.1) is 19.0 Å². The van der Waals surface area contributed by atoms with Crippen LogP contribution in [0.1, 0.15) is 31.2 Å². The molecule has 2 bridgehead atoms. The minimum absolute atomic E-state index is 0.0367. The molecule has 2 saturated carbocycles. The lowest BCUT2D eigenvalue weighted by atomic mass is 9.96. The van der Waals surface area contributed by atoms with Gasteiger partial charge in [-0.2, -0.15) is 0 Å². The van der Waals surface area contributed by atoms with Crippen molar-refractivity contribution < 1.29 is 10.0 Å². The Morgan fingerprint density at radius 2 is 2.04 bits per heavy atom. The second-order valence-electron chi connectivity index (χ2n) is 7.96. The first kappa shape index (κ1) is 16.2. The van der Waals surface area contributed by atoms with Crippen LogP contribution in [0.25, 0.3) is 0 Å². The van der Waals surface area contributed by atoms with Crippen molar-refractivity contribution in [2.24, 2.45) is 16.8 Å². The largest absolute Gasteiger partial charge is 0.507 e. The van der Waals surface area contributed by atoms with Crippen LogP contribution in [0.5, 0.6) is 5.75 Å². The lowest BCUT2D eigenvalue weighted by Crippen LogP contribution is -2.38. The number of phenolic OH excluding ortho intramolecular Hbond substituents is 1. The quantitative estimate of drug-likeness (QED) is 0.397. The number of aromatic hydroxyl groups is 1. The van der Waals surface area contributed by atoms with Gasteiger partial charge in [0.15, 0.2) is 0 Å². The summed E-state index contributed by atoms with van der Waals surface area (Å²) in [7, 11) is -1.88. The van der Waals surface area contributed by atoms with Crippen molar-refractivity contribution in [1.29, 1.82) is 0 Å². The summed E-state index contributed by atoms with van der Waals surface area (Å²) in [6.07, 6.45) is 6.62. The van der Waals surface area contributed by atoms with Crippen molar-refractivity contribution in [3.8, 4) is 5.75 Å². The molecule has 5 nitrogen and oxygen atoms in total. The molecule has 124 valence electrons. The summed E-state index contributed by atoms with van der Waals surface area (Å²) in [6.45, 7) is 6.22. The van der Waals surface area contributed by atoms with Gasteiger partial charge in [-0.1, -0.05) is 26.1 Å². The smallest absolute Gasteiger partial charge is 0.270 e. The summed E-state index contributed by atoms with van der Waals surface area (Å²) in [4.78, 5) is 15.5. The van der Waals surface area contributed by atoms with Crippen molar-refractivity contribution in [2.45, 2.75) is 51.4 Å². The highest BCUT2D eigenvalue weighted by Crippen LogP contribution is 2.45. The molecule has 0 spiro atoms. The van der Waals surface area contributed by atoms with Crippen LogP contribution in [-0.4, -0.2) is 30.4 Å². The molecule has 1 N–H and O–H groups in total. The lowest BCUT2D eigenvalue weighted by Gasteiger charge is -2.20. The monoisotopic (exact) mass is 332 g/mol. The number of rotatable bonds is 4. The van der Waals surface area contributed by atoms with Gasteiger partial charge in [0.25, 0.3) is 5.69 Å². The molecule has 0 radical (unpaired) electrons. The molecule has 3 unspecified atom stereocenters. The molecule has 2 fully saturated rings. The number of nitro groups is 1. The molecule has 1 aromatic carbocycles. The fourth-order valence-electron chi connectivity index (χ4n) is 3.99. The Hall–Kier alpha value is -1.69. The van der Waals surface area contributed by atoms with E-state index in [1.54, 1.807) is 6.21 Å². The molecular formula is C17H24N2O3Si. The molecular weight excluding hydrogens is 308 g/mol. The maximum absolute atomic E-state index is 11.2. The standard InChI is InChI=1S/C17H24N2O3Si/c1-23(2,3)16-9-14(19(21)22)8-13(17(16)20)10-18-15-7-11-4-5-12(15)6-11/h8-12,15,20H,4-7H2,1-3H3. The van der Waals surface area contributed by atoms with Gasteiger partial charge in [-0.3, -0.25) is 15.1 Å². The first-order valence-corrected chi connectivity index (χ1v) is 11.8. The molecule has 0 heterocycles. The van der Waals surface area contributed by atoms with E-state index in [9.17, 15) is 15.2 Å². The normalized spacial score (nSPS) is 27.0. The fourth-order valence-corrected chi connectivity index (χ4v) is 5.42. The Morgan fingerprint density at radius 1 is 1.30 bits per heavy atom. The molecule has 2 aliphatic carbocycles. The summed E-state index contributed by atoms with van der Waals surface area (Å²) >= 11 is 0. The number of hydrogen-bond acceptors (Lipinski definition) is 4. The molecule has 3 atom stereocenters. The van der Waals surface area contributed by atoms with Crippen LogP contribution in [0.2, 0.25) is 19.6 Å². The van der Waals surface area contributed by atoms with Crippen LogP contribution in [0.4, 0.5) is 5.69 Å². The summed E-state index contributed by atoms with van der Waals surface area (Å²) in [5.41, 5.74) is 0.522. The summed E-state index contributed by atoms with van der Waals surface area (Å²) in [5, 5.41) is 22.5. The van der Waals surface area contributed by atoms with Gasteiger partial charge in [0.2, 0.25) is 0 Å². The van der Waals surface area contributed by atoms with Gasteiger partial charge < -0.3 is 5.11 Å². The van der Waals surface area contributed by atoms with Crippen LogP contribution in [-0.2, 0) is 0 Å². The lowest BCUT2D eigenvalue weighted by molar-refractivity contribution is -0.384. The van der Waals surface area contributed by atoms with Gasteiger partial charge in [-0.05, 0) is 36.3 Å². The number of non-ortho nitro benzene ring substituents is 1. The Labute approximate surface area is 137 Å². The highest BCUT2D eigenvalue weighted by atomic mass is 28.3. The van der Waals surface area contributed by atoms with Gasteiger partial charge in [0.1, 0.15) is 5.75 Å². The van der Waals surface area contributed by atoms with Crippen molar-refractivity contribution >= 4 is 25.2 Å². The second-order valence-corrected chi connectivity index (χ2v) is 13.0. The van der Waals surface area contributed by atoms with E-state index in [1.807, 2.05) is 0 Å². The third-order valence-electron chi connectivity index (χ3n) is 5.25. The highest BCUT2D eigenvalue weighted by molar-refractivity contribution is 6.89. The van der Waals surface area contributed by atoms with E-state index in [1.165, 1.54) is 31.4 Å². The van der Waals surface area contributed by atoms with Crippen molar-refractivity contribution in [3.05, 3.63) is 27.8 Å². The van der Waals surface area contributed by atoms with Crippen LogP contribution in [0.15, 0.2) is 17.1 Å². The maximum Gasteiger partial charge on any atom is 0.270 e. The third-order valence-corrected chi connectivity index (χ3v) is 7.25. The zero-order valence-corrected chi connectivity index (χ0v) is 15.0. The minimum atomic E-state index is -1.88. The van der Waals surface area contributed by atoms with Crippen LogP contribution in [0, 0.1) is 22.0 Å². The number of fused-ring (bicyclic) bond motifs is 2. The molecule has 0 amide bonds. The zero-order valence-electron chi connectivity index (χ0n) is 14.0. The molecule has 3 rings (SSSR count). The van der Waals surface area contributed by atoms with Crippen LogP contribution in [0.3, 0.4) is 0 Å². The van der Waals surface area contributed by atoms with E-state index >= 15 is 0 Å². The fraction of sp³-hybridized carbons (Fsp3) is 0.588. The topological polar surface area (TPSA) is 75.7 Å². The van der Waals surface area contributed by atoms with Crippen LogP contribution >= 0.6 is 0 Å². The maximum atomic E-state index is 11.2. The minimum Gasteiger partial charge on any atom is -0.507 e. The van der Waals surface area contributed by atoms with Crippen molar-refractivity contribution in [3.63, 3.8) is 0 Å². The number of phenols is 1. The Balaban J connectivity index is 1.94. The number of hydrogen-bond donors (Lipinski definition) is 1. The van der Waals surface area contributed by atoms with Gasteiger partial charge in [-0.25, -0.2) is 0 Å². The number of aliphatic imine (C=N–C) groups is 1. The van der Waals surface area contributed by atoms with E-state index in [0.29, 0.717) is 17.5 Å². The summed E-state index contributed by atoms with van der Waals surface area (Å²) < 4.78 is 0. The highest BCUT2D eigenvalue weighted by Gasteiger charge is 2.39. The SMILES string of the molecule is C[Si](C)(C)c1cc([N+](=O)[O-])cc(C=NC2CC3CCC2C3)c1O. The predicted octanol–water partition coefficient (Wildman–Crippen LogP) is 3.45. The summed E-state index contributed by atoms with van der Waals surface area (Å²) in [6, 6.07) is 3.29. The van der Waals surface area contributed by atoms with E-state index < -0.39 is 13.0 Å². The number of benzene rings is 1. The Kier molecular flexibility index (Phi) is 4.04. The van der Waals surface area contributed by atoms with Crippen molar-refractivity contribution in [2.75, 3.05) is 0 Å². The van der Waals surface area contributed by atoms with E-state index in [4.69, 9.17) is 0 Å². The van der Waals surface area contributed by atoms with Crippen molar-refractivity contribution in [1.82, 2.24) is 0 Å². The van der Waals surface area contributed by atoms with Gasteiger partial charge in [-0.15, -0.1) is 0 Å². The Bertz CT molecular complexity index is 667. The Morgan fingerprint density at radius 3 is 2.57 bits per heavy atom. The average Bonchev–Trinajstić information content (AvgIpc) is 3.07. The number of nitro benzene ring substituents is 1. The van der Waals surface area contributed by atoms with E-state index in [-0.39, 0.29) is 11.4 Å². The van der Waals surface area contributed by atoms with Gasteiger partial charge >= 0.3 is 0 Å². The van der Waals surface area contributed by atoms with Crippen LogP contribution < -0.4 is 5.19 Å². The van der Waals surface area contributed by atoms with Gasteiger partial charge in [0, 0.05) is 23.9 Å². The molecule has 0 saturated heterocycles. The number of nitrogens with zero attached hydrogens (tertiary/aromatic N) is 2. The first-order valence-electron chi connectivity index (χ1n) is 8.30. The second kappa shape index (κ2) is 5.74. The third kappa shape index (κ3) is 3.17. The summed E-state index contributed by atoms with van der Waals surface area (Å²) in [5.74, 6) is 1.63. The van der Waals surface area contributed by atoms with E-state index in [2.05, 4.69) is 24.6 Å².